The van der Waals surface area contributed by atoms with E-state index in [9.17, 15) is 4.79 Å². The standard InChI is InChI=1S/C14H21N3O2/c1-16-7-3-5-12(16)14(18)15-10-9-17(2)11-6-4-8-19-13(10)11/h3,5,7,10-11,13H,4,6,8-9H2,1-2H3,(H,15,18)/t10-,11-,13-/m1/s1. The zero-order valence-corrected chi connectivity index (χ0v) is 11.5. The van der Waals surface area contributed by atoms with Crippen LogP contribution in [0.15, 0.2) is 18.3 Å². The maximum Gasteiger partial charge on any atom is 0.268 e. The van der Waals surface area contributed by atoms with Crippen molar-refractivity contribution >= 4 is 5.91 Å². The molecule has 1 amide bonds. The largest absolute Gasteiger partial charge is 0.374 e. The van der Waals surface area contributed by atoms with Crippen molar-refractivity contribution in [2.75, 3.05) is 20.2 Å². The van der Waals surface area contributed by atoms with Crippen LogP contribution in [0.3, 0.4) is 0 Å². The highest BCUT2D eigenvalue weighted by molar-refractivity contribution is 5.93. The lowest BCUT2D eigenvalue weighted by Gasteiger charge is -2.31. The van der Waals surface area contributed by atoms with Gasteiger partial charge in [-0.1, -0.05) is 0 Å². The summed E-state index contributed by atoms with van der Waals surface area (Å²) in [7, 11) is 4.00. The van der Waals surface area contributed by atoms with Gasteiger partial charge in [-0.15, -0.1) is 0 Å². The minimum Gasteiger partial charge on any atom is -0.374 e. The van der Waals surface area contributed by atoms with Gasteiger partial charge in [0.25, 0.3) is 5.91 Å². The Morgan fingerprint density at radius 1 is 1.47 bits per heavy atom. The van der Waals surface area contributed by atoms with E-state index in [1.54, 1.807) is 0 Å². The highest BCUT2D eigenvalue weighted by Gasteiger charge is 2.43. The van der Waals surface area contributed by atoms with Gasteiger partial charge in [-0.25, -0.2) is 0 Å². The molecule has 1 aromatic rings. The van der Waals surface area contributed by atoms with Gasteiger partial charge in [0.2, 0.25) is 0 Å². The van der Waals surface area contributed by atoms with E-state index in [1.807, 2.05) is 29.9 Å². The van der Waals surface area contributed by atoms with Crippen LogP contribution >= 0.6 is 0 Å². The lowest BCUT2D eigenvalue weighted by atomic mass is 10.0. The molecule has 2 fully saturated rings. The minimum absolute atomic E-state index is 0.0132. The van der Waals surface area contributed by atoms with E-state index in [1.165, 1.54) is 0 Å². The van der Waals surface area contributed by atoms with E-state index >= 15 is 0 Å². The number of ether oxygens (including phenoxy) is 1. The molecule has 0 spiro atoms. The van der Waals surface area contributed by atoms with Crippen LogP contribution in [0.2, 0.25) is 0 Å². The predicted octanol–water partition coefficient (Wildman–Crippen LogP) is 0.616. The quantitative estimate of drug-likeness (QED) is 0.850. The smallest absolute Gasteiger partial charge is 0.268 e. The molecule has 0 bridgehead atoms. The number of aryl methyl sites for hydroxylation is 1. The molecule has 19 heavy (non-hydrogen) atoms. The van der Waals surface area contributed by atoms with Gasteiger partial charge in [0, 0.05) is 32.4 Å². The molecule has 3 atom stereocenters. The number of fused-ring (bicyclic) bond motifs is 1. The third-order valence-corrected chi connectivity index (χ3v) is 4.27. The van der Waals surface area contributed by atoms with E-state index in [2.05, 4.69) is 17.3 Å². The first-order valence-electron chi connectivity index (χ1n) is 6.91. The summed E-state index contributed by atoms with van der Waals surface area (Å²) < 4.78 is 7.71. The van der Waals surface area contributed by atoms with Crippen molar-refractivity contribution in [3.8, 4) is 0 Å². The number of amides is 1. The molecule has 2 aliphatic rings. The number of likely N-dealkylation sites (tertiary alicyclic amines) is 1. The minimum atomic E-state index is -0.0132. The Kier molecular flexibility index (Phi) is 3.33. The van der Waals surface area contributed by atoms with Crippen LogP contribution in [0.4, 0.5) is 0 Å². The van der Waals surface area contributed by atoms with Gasteiger partial charge in [-0.3, -0.25) is 9.69 Å². The number of rotatable bonds is 2. The molecule has 2 saturated heterocycles. The number of hydrogen-bond donors (Lipinski definition) is 1. The normalized spacial score (nSPS) is 31.2. The van der Waals surface area contributed by atoms with Gasteiger partial charge in [0.1, 0.15) is 5.69 Å². The maximum absolute atomic E-state index is 12.3. The Bertz CT molecular complexity index is 471. The first-order chi connectivity index (χ1) is 9.16. The second-order valence-electron chi connectivity index (χ2n) is 5.57. The molecule has 3 rings (SSSR count). The second kappa shape index (κ2) is 4.98. The van der Waals surface area contributed by atoms with Crippen LogP contribution in [0, 0.1) is 0 Å². The Labute approximate surface area is 113 Å². The summed E-state index contributed by atoms with van der Waals surface area (Å²) >= 11 is 0. The molecule has 5 heteroatoms. The summed E-state index contributed by atoms with van der Waals surface area (Å²) in [4.78, 5) is 14.6. The fraction of sp³-hybridized carbons (Fsp3) is 0.643. The number of aromatic nitrogens is 1. The van der Waals surface area contributed by atoms with Crippen molar-refractivity contribution in [3.05, 3.63) is 24.0 Å². The molecule has 0 aliphatic carbocycles. The molecule has 5 nitrogen and oxygen atoms in total. The Hall–Kier alpha value is -1.33. The van der Waals surface area contributed by atoms with Gasteiger partial charge >= 0.3 is 0 Å². The first kappa shape index (κ1) is 12.7. The zero-order chi connectivity index (χ0) is 13.4. The van der Waals surface area contributed by atoms with Crippen LogP contribution in [0.25, 0.3) is 0 Å². The molecule has 2 aliphatic heterocycles. The summed E-state index contributed by atoms with van der Waals surface area (Å²) in [5.74, 6) is -0.0132. The average molecular weight is 263 g/mol. The second-order valence-corrected chi connectivity index (χ2v) is 5.57. The zero-order valence-electron chi connectivity index (χ0n) is 11.5. The predicted molar refractivity (Wildman–Crippen MR) is 72.1 cm³/mol. The van der Waals surface area contributed by atoms with Crippen LogP contribution in [0.5, 0.6) is 0 Å². The molecule has 1 N–H and O–H groups in total. The lowest BCUT2D eigenvalue weighted by Crippen LogP contribution is -2.47. The Morgan fingerprint density at radius 2 is 2.32 bits per heavy atom. The topological polar surface area (TPSA) is 46.5 Å². The Morgan fingerprint density at radius 3 is 3.05 bits per heavy atom. The molecule has 0 saturated carbocycles. The molecular weight excluding hydrogens is 242 g/mol. The van der Waals surface area contributed by atoms with Gasteiger partial charge < -0.3 is 14.6 Å². The van der Waals surface area contributed by atoms with E-state index in [-0.39, 0.29) is 18.1 Å². The third-order valence-electron chi connectivity index (χ3n) is 4.27. The molecule has 1 aromatic heterocycles. The van der Waals surface area contributed by atoms with Crippen LogP contribution < -0.4 is 5.32 Å². The summed E-state index contributed by atoms with van der Waals surface area (Å²) in [6.07, 6.45) is 4.31. The number of carbonyl (C=O) groups excluding carboxylic acids is 1. The molecule has 0 aromatic carbocycles. The van der Waals surface area contributed by atoms with Crippen molar-refractivity contribution in [1.82, 2.24) is 14.8 Å². The summed E-state index contributed by atoms with van der Waals surface area (Å²) in [5, 5.41) is 3.13. The number of hydrogen-bond acceptors (Lipinski definition) is 3. The number of nitrogens with one attached hydrogen (secondary N) is 1. The SMILES string of the molecule is CN1C[C@@H](NC(=O)c2cccn2C)[C@H]2OCCC[C@H]21. The first-order valence-corrected chi connectivity index (χ1v) is 6.91. The maximum atomic E-state index is 12.3. The molecule has 0 radical (unpaired) electrons. The van der Waals surface area contributed by atoms with Gasteiger partial charge in [0.15, 0.2) is 0 Å². The van der Waals surface area contributed by atoms with E-state index in [0.717, 1.165) is 26.0 Å². The van der Waals surface area contributed by atoms with Gasteiger partial charge in [-0.2, -0.15) is 0 Å². The summed E-state index contributed by atoms with van der Waals surface area (Å²) in [6.45, 7) is 1.68. The van der Waals surface area contributed by atoms with Crippen LogP contribution in [-0.2, 0) is 11.8 Å². The van der Waals surface area contributed by atoms with E-state index in [0.29, 0.717) is 11.7 Å². The molecule has 0 unspecified atom stereocenters. The fourth-order valence-corrected chi connectivity index (χ4v) is 3.26. The van der Waals surface area contributed by atoms with Crippen LogP contribution in [0.1, 0.15) is 23.3 Å². The summed E-state index contributed by atoms with van der Waals surface area (Å²) in [5.41, 5.74) is 0.696. The summed E-state index contributed by atoms with van der Waals surface area (Å²) in [6, 6.07) is 4.27. The highest BCUT2D eigenvalue weighted by Crippen LogP contribution is 2.27. The van der Waals surface area contributed by atoms with Crippen molar-refractivity contribution < 1.29 is 9.53 Å². The van der Waals surface area contributed by atoms with Crippen molar-refractivity contribution in [3.63, 3.8) is 0 Å². The number of likely N-dealkylation sites (N-methyl/N-ethyl adjacent to an activating group) is 1. The monoisotopic (exact) mass is 263 g/mol. The van der Waals surface area contributed by atoms with Crippen LogP contribution in [-0.4, -0.2) is 53.8 Å². The molecule has 104 valence electrons. The number of carbonyl (C=O) groups is 1. The van der Waals surface area contributed by atoms with Crippen molar-refractivity contribution in [2.45, 2.75) is 31.0 Å². The van der Waals surface area contributed by atoms with Gasteiger partial charge in [-0.05, 0) is 32.0 Å². The van der Waals surface area contributed by atoms with Crippen molar-refractivity contribution in [1.29, 1.82) is 0 Å². The van der Waals surface area contributed by atoms with Crippen molar-refractivity contribution in [2.24, 2.45) is 7.05 Å². The number of nitrogens with zero attached hydrogens (tertiary/aromatic N) is 2. The van der Waals surface area contributed by atoms with Gasteiger partial charge in [0.05, 0.1) is 12.1 Å². The third kappa shape index (κ3) is 2.28. The molecule has 3 heterocycles. The van der Waals surface area contributed by atoms with E-state index < -0.39 is 0 Å². The highest BCUT2D eigenvalue weighted by atomic mass is 16.5. The fourth-order valence-electron chi connectivity index (χ4n) is 3.26. The average Bonchev–Trinajstić information content (AvgIpc) is 2.95. The molecular formula is C14H21N3O2. The van der Waals surface area contributed by atoms with E-state index in [4.69, 9.17) is 4.74 Å². The lowest BCUT2D eigenvalue weighted by molar-refractivity contribution is -0.0165. The Balaban J connectivity index is 1.70.